The lowest BCUT2D eigenvalue weighted by molar-refractivity contribution is -0.134. The third-order valence-electron chi connectivity index (χ3n) is 3.60. The molecule has 0 amide bonds. The van der Waals surface area contributed by atoms with Gasteiger partial charge in [-0.25, -0.2) is 4.79 Å². The third kappa shape index (κ3) is 5.20. The molecule has 0 fully saturated rings. The number of ether oxygens (including phenoxy) is 4. The lowest BCUT2D eigenvalue weighted by Gasteiger charge is -2.10. The summed E-state index contributed by atoms with van der Waals surface area (Å²) in [6, 6.07) is 9.90. The van der Waals surface area contributed by atoms with Gasteiger partial charge in [-0.1, -0.05) is 30.4 Å². The molecule has 0 saturated carbocycles. The third-order valence-corrected chi connectivity index (χ3v) is 3.60. The van der Waals surface area contributed by atoms with Crippen molar-refractivity contribution >= 4 is 30.1 Å². The van der Waals surface area contributed by atoms with E-state index in [1.807, 2.05) is 0 Å². The molecule has 2 rings (SSSR count). The summed E-state index contributed by atoms with van der Waals surface area (Å²) in [4.78, 5) is 34.6. The van der Waals surface area contributed by atoms with Gasteiger partial charge in [0.15, 0.2) is 11.5 Å². The quantitative estimate of drug-likeness (QED) is 0.428. The molecule has 0 N–H and O–H groups in total. The van der Waals surface area contributed by atoms with E-state index in [4.69, 9.17) is 18.9 Å². The van der Waals surface area contributed by atoms with Gasteiger partial charge in [-0.3, -0.25) is 9.59 Å². The minimum absolute atomic E-state index is 0.115. The Morgan fingerprint density at radius 2 is 1.50 bits per heavy atom. The number of methoxy groups -OCH3 is 2. The Bertz CT molecular complexity index is 928. The monoisotopic (exact) mass is 384 g/mol. The molecule has 0 radical (unpaired) electrons. The highest BCUT2D eigenvalue weighted by Gasteiger charge is 2.16. The van der Waals surface area contributed by atoms with Crippen LogP contribution in [0.3, 0.4) is 0 Å². The summed E-state index contributed by atoms with van der Waals surface area (Å²) >= 11 is 0. The first-order valence-corrected chi connectivity index (χ1v) is 8.30. The maximum atomic E-state index is 12.1. The molecular formula is C21H20O7. The molecule has 2 aromatic carbocycles. The second-order valence-electron chi connectivity index (χ2n) is 5.64. The number of hydrogen-bond donors (Lipinski definition) is 0. The van der Waals surface area contributed by atoms with Gasteiger partial charge in [0, 0.05) is 13.8 Å². The maximum Gasteiger partial charge on any atom is 0.342 e. The Morgan fingerprint density at radius 1 is 0.821 bits per heavy atom. The van der Waals surface area contributed by atoms with Crippen LogP contribution in [0.2, 0.25) is 0 Å². The number of esters is 3. The minimum Gasteiger partial charge on any atom is -0.496 e. The molecular weight excluding hydrogens is 364 g/mol. The van der Waals surface area contributed by atoms with Crippen molar-refractivity contribution in [3.05, 3.63) is 53.1 Å². The summed E-state index contributed by atoms with van der Waals surface area (Å²) < 4.78 is 20.2. The summed E-state index contributed by atoms with van der Waals surface area (Å²) in [7, 11) is 2.76. The summed E-state index contributed by atoms with van der Waals surface area (Å²) in [6.45, 7) is 2.50. The fraction of sp³-hybridized carbons (Fsp3) is 0.190. The predicted octanol–water partition coefficient (Wildman–Crippen LogP) is 3.50. The average molecular weight is 384 g/mol. The molecule has 0 unspecified atom stereocenters. The van der Waals surface area contributed by atoms with Crippen molar-refractivity contribution in [3.63, 3.8) is 0 Å². The van der Waals surface area contributed by atoms with Crippen LogP contribution in [0.25, 0.3) is 12.2 Å². The fourth-order valence-corrected chi connectivity index (χ4v) is 2.47. The lowest BCUT2D eigenvalue weighted by Crippen LogP contribution is -2.07. The lowest BCUT2D eigenvalue weighted by atomic mass is 10.0. The fourth-order valence-electron chi connectivity index (χ4n) is 2.47. The number of carbonyl (C=O) groups excluding carboxylic acids is 3. The van der Waals surface area contributed by atoms with Gasteiger partial charge in [0.05, 0.1) is 14.2 Å². The zero-order valence-electron chi connectivity index (χ0n) is 16.0. The molecule has 146 valence electrons. The smallest absolute Gasteiger partial charge is 0.342 e. The Balaban J connectivity index is 2.42. The average Bonchev–Trinajstić information content (AvgIpc) is 2.66. The number of rotatable bonds is 6. The summed E-state index contributed by atoms with van der Waals surface area (Å²) in [6.07, 6.45) is 3.42. The Morgan fingerprint density at radius 3 is 2.11 bits per heavy atom. The van der Waals surface area contributed by atoms with Crippen LogP contribution in [0.1, 0.15) is 35.3 Å². The van der Waals surface area contributed by atoms with Gasteiger partial charge in [-0.05, 0) is 29.3 Å². The van der Waals surface area contributed by atoms with Gasteiger partial charge >= 0.3 is 17.9 Å². The van der Waals surface area contributed by atoms with E-state index >= 15 is 0 Å². The highest BCUT2D eigenvalue weighted by atomic mass is 16.6. The Kier molecular flexibility index (Phi) is 6.92. The van der Waals surface area contributed by atoms with Crippen molar-refractivity contribution in [3.8, 4) is 17.2 Å². The molecule has 0 aliphatic carbocycles. The van der Waals surface area contributed by atoms with E-state index < -0.39 is 17.9 Å². The maximum absolute atomic E-state index is 12.1. The van der Waals surface area contributed by atoms with Gasteiger partial charge in [0.2, 0.25) is 0 Å². The van der Waals surface area contributed by atoms with Gasteiger partial charge in [-0.2, -0.15) is 0 Å². The molecule has 28 heavy (non-hydrogen) atoms. The van der Waals surface area contributed by atoms with Crippen molar-refractivity contribution in [1.82, 2.24) is 0 Å². The number of carbonyl (C=O) groups is 3. The number of hydrogen-bond acceptors (Lipinski definition) is 7. The minimum atomic E-state index is -0.546. The molecule has 0 spiro atoms. The van der Waals surface area contributed by atoms with Crippen molar-refractivity contribution in [2.24, 2.45) is 0 Å². The van der Waals surface area contributed by atoms with Crippen LogP contribution in [0.5, 0.6) is 17.2 Å². The van der Waals surface area contributed by atoms with Crippen molar-refractivity contribution in [2.45, 2.75) is 13.8 Å². The zero-order chi connectivity index (χ0) is 20.7. The van der Waals surface area contributed by atoms with E-state index in [9.17, 15) is 14.4 Å². The van der Waals surface area contributed by atoms with E-state index in [1.54, 1.807) is 42.5 Å². The van der Waals surface area contributed by atoms with E-state index in [-0.39, 0.29) is 11.5 Å². The van der Waals surface area contributed by atoms with Crippen molar-refractivity contribution < 1.29 is 33.3 Å². The Hall–Kier alpha value is -3.61. The topological polar surface area (TPSA) is 88.1 Å². The zero-order valence-corrected chi connectivity index (χ0v) is 16.0. The first-order valence-electron chi connectivity index (χ1n) is 8.30. The van der Waals surface area contributed by atoms with E-state index in [0.29, 0.717) is 22.4 Å². The standard InChI is InChI=1S/C21H20O7/c1-13(22)27-17-11-9-15(12-19(17)28-14(2)23)8-10-16-6-5-7-18(25-3)20(16)21(24)26-4/h5-12H,1-4H3. The number of benzene rings is 2. The molecule has 2 aromatic rings. The Labute approximate surface area is 162 Å². The van der Waals surface area contributed by atoms with Crippen LogP contribution in [-0.2, 0) is 14.3 Å². The normalized spacial score (nSPS) is 10.4. The summed E-state index contributed by atoms with van der Waals surface area (Å²) in [5.41, 5.74) is 1.54. The van der Waals surface area contributed by atoms with Gasteiger partial charge in [-0.15, -0.1) is 0 Å². The molecule has 0 bridgehead atoms. The molecule has 0 aliphatic heterocycles. The molecule has 7 heteroatoms. The van der Waals surface area contributed by atoms with Crippen LogP contribution in [0, 0.1) is 0 Å². The summed E-state index contributed by atoms with van der Waals surface area (Å²) in [5, 5.41) is 0. The summed E-state index contributed by atoms with van der Waals surface area (Å²) in [5.74, 6) is -0.964. The predicted molar refractivity (Wildman–Crippen MR) is 102 cm³/mol. The molecule has 0 aromatic heterocycles. The van der Waals surface area contributed by atoms with Crippen LogP contribution < -0.4 is 14.2 Å². The second-order valence-corrected chi connectivity index (χ2v) is 5.64. The van der Waals surface area contributed by atoms with Crippen LogP contribution in [-0.4, -0.2) is 32.1 Å². The second kappa shape index (κ2) is 9.36. The largest absolute Gasteiger partial charge is 0.496 e. The highest BCUT2D eigenvalue weighted by molar-refractivity contribution is 5.97. The first kappa shape index (κ1) is 20.7. The SMILES string of the molecule is COC(=O)c1c(C=Cc2ccc(OC(C)=O)c(OC(C)=O)c2)cccc1OC. The van der Waals surface area contributed by atoms with Crippen LogP contribution in [0.15, 0.2) is 36.4 Å². The molecule has 7 nitrogen and oxygen atoms in total. The first-order chi connectivity index (χ1) is 13.3. The van der Waals surface area contributed by atoms with Gasteiger partial charge in [0.25, 0.3) is 0 Å². The molecule has 0 aliphatic rings. The van der Waals surface area contributed by atoms with Crippen molar-refractivity contribution in [1.29, 1.82) is 0 Å². The molecule has 0 atom stereocenters. The van der Waals surface area contributed by atoms with Gasteiger partial charge in [0.1, 0.15) is 11.3 Å². The van der Waals surface area contributed by atoms with E-state index in [2.05, 4.69) is 0 Å². The van der Waals surface area contributed by atoms with Crippen LogP contribution >= 0.6 is 0 Å². The van der Waals surface area contributed by atoms with E-state index in [1.165, 1.54) is 34.1 Å². The molecule has 0 heterocycles. The van der Waals surface area contributed by atoms with Crippen LogP contribution in [0.4, 0.5) is 0 Å². The van der Waals surface area contributed by atoms with E-state index in [0.717, 1.165) is 0 Å². The molecule has 0 saturated heterocycles. The highest BCUT2D eigenvalue weighted by Crippen LogP contribution is 2.30. The van der Waals surface area contributed by atoms with Gasteiger partial charge < -0.3 is 18.9 Å². The van der Waals surface area contributed by atoms with Crippen molar-refractivity contribution in [2.75, 3.05) is 14.2 Å².